The summed E-state index contributed by atoms with van der Waals surface area (Å²) in [5.74, 6) is -0.577. The summed E-state index contributed by atoms with van der Waals surface area (Å²) in [6.07, 6.45) is 100. The van der Waals surface area contributed by atoms with Crippen molar-refractivity contribution in [3.05, 3.63) is 97.2 Å². The smallest absolute Gasteiger partial charge is 0.306 e. The Morgan fingerprint density at radius 1 is 0.300 bits per heavy atom. The zero-order valence-electron chi connectivity index (χ0n) is 53.1. The molecule has 1 unspecified atom stereocenters. The Kier molecular flexibility index (Phi) is 67.3. The summed E-state index contributed by atoms with van der Waals surface area (Å²) < 4.78 is 10.8. The molecule has 0 radical (unpaired) electrons. The molecule has 0 saturated heterocycles. The molecule has 0 amide bonds. The highest BCUT2D eigenvalue weighted by Crippen LogP contribution is 2.18. The van der Waals surface area contributed by atoms with Gasteiger partial charge in [-0.3, -0.25) is 9.59 Å². The predicted molar refractivity (Wildman–Crippen MR) is 352 cm³/mol. The number of aliphatic hydroxyl groups is 1. The molecular formula is C75H132O5. The number of allylic oxidation sites excluding steroid dienone is 16. The highest BCUT2D eigenvalue weighted by atomic mass is 16.6. The fourth-order valence-corrected chi connectivity index (χ4v) is 10.2. The van der Waals surface area contributed by atoms with Gasteiger partial charge in [-0.15, -0.1) is 0 Å². The lowest BCUT2D eigenvalue weighted by atomic mass is 10.0. The van der Waals surface area contributed by atoms with Crippen molar-refractivity contribution in [3.63, 3.8) is 0 Å². The Hall–Kier alpha value is -3.18. The van der Waals surface area contributed by atoms with Gasteiger partial charge in [-0.2, -0.15) is 0 Å². The molecule has 80 heavy (non-hydrogen) atoms. The first-order chi connectivity index (χ1) is 39.6. The van der Waals surface area contributed by atoms with Gasteiger partial charge in [0.05, 0.1) is 6.61 Å². The van der Waals surface area contributed by atoms with Crippen molar-refractivity contribution in [2.24, 2.45) is 0 Å². The minimum absolute atomic E-state index is 0.0652. The van der Waals surface area contributed by atoms with E-state index in [4.69, 9.17) is 9.47 Å². The first-order valence-electron chi connectivity index (χ1n) is 34.8. The topological polar surface area (TPSA) is 72.8 Å². The van der Waals surface area contributed by atoms with Crippen LogP contribution in [0.15, 0.2) is 97.2 Å². The minimum Gasteiger partial charge on any atom is -0.462 e. The number of esters is 2. The highest BCUT2D eigenvalue weighted by molar-refractivity contribution is 5.70. The zero-order chi connectivity index (χ0) is 57.6. The van der Waals surface area contributed by atoms with E-state index in [1.54, 1.807) is 0 Å². The second-order valence-corrected chi connectivity index (χ2v) is 23.2. The molecule has 0 aliphatic carbocycles. The third kappa shape index (κ3) is 67.3. The van der Waals surface area contributed by atoms with Gasteiger partial charge in [0.2, 0.25) is 0 Å². The molecule has 0 heterocycles. The van der Waals surface area contributed by atoms with Crippen molar-refractivity contribution in [2.45, 2.75) is 354 Å². The molecule has 0 bridgehead atoms. The Morgan fingerprint density at radius 3 is 0.812 bits per heavy atom. The maximum atomic E-state index is 12.4. The van der Waals surface area contributed by atoms with Crippen LogP contribution in [0.1, 0.15) is 348 Å². The summed E-state index contributed by atoms with van der Waals surface area (Å²) in [7, 11) is 0. The summed E-state index contributed by atoms with van der Waals surface area (Å²) in [4.78, 5) is 24.7. The number of ether oxygens (including phenoxy) is 2. The number of carbonyl (C=O) groups is 2. The molecule has 5 nitrogen and oxygen atoms in total. The van der Waals surface area contributed by atoms with Crippen molar-refractivity contribution in [2.75, 3.05) is 13.2 Å². The van der Waals surface area contributed by atoms with Crippen LogP contribution in [0, 0.1) is 0 Å². The van der Waals surface area contributed by atoms with Gasteiger partial charge in [0, 0.05) is 12.8 Å². The van der Waals surface area contributed by atoms with Gasteiger partial charge >= 0.3 is 11.9 Å². The molecule has 462 valence electrons. The van der Waals surface area contributed by atoms with Gasteiger partial charge in [0.15, 0.2) is 6.10 Å². The van der Waals surface area contributed by atoms with Crippen molar-refractivity contribution < 1.29 is 24.2 Å². The van der Waals surface area contributed by atoms with Crippen molar-refractivity contribution >= 4 is 11.9 Å². The molecule has 0 aliphatic rings. The fraction of sp³-hybridized carbons (Fsp3) is 0.760. The van der Waals surface area contributed by atoms with E-state index in [-0.39, 0.29) is 25.2 Å². The van der Waals surface area contributed by atoms with Crippen LogP contribution in [0.5, 0.6) is 0 Å². The summed E-state index contributed by atoms with van der Waals surface area (Å²) >= 11 is 0. The Balaban J connectivity index is 3.43. The van der Waals surface area contributed by atoms with Crippen LogP contribution < -0.4 is 0 Å². The third-order valence-electron chi connectivity index (χ3n) is 15.4. The first kappa shape index (κ1) is 76.8. The van der Waals surface area contributed by atoms with Crippen LogP contribution in [0.25, 0.3) is 0 Å². The number of carbonyl (C=O) groups excluding carboxylic acids is 2. The van der Waals surface area contributed by atoms with Crippen molar-refractivity contribution in [1.82, 2.24) is 0 Å². The molecule has 1 N–H and O–H groups in total. The van der Waals surface area contributed by atoms with E-state index in [1.807, 2.05) is 0 Å². The molecule has 0 aromatic carbocycles. The van der Waals surface area contributed by atoms with Gasteiger partial charge < -0.3 is 14.6 Å². The van der Waals surface area contributed by atoms with Crippen LogP contribution in [-0.4, -0.2) is 36.4 Å². The molecular weight excluding hydrogens is 981 g/mol. The average molecular weight is 1110 g/mol. The van der Waals surface area contributed by atoms with E-state index in [2.05, 4.69) is 111 Å². The van der Waals surface area contributed by atoms with Crippen molar-refractivity contribution in [3.8, 4) is 0 Å². The molecule has 0 saturated carbocycles. The van der Waals surface area contributed by atoms with Crippen molar-refractivity contribution in [1.29, 1.82) is 0 Å². The predicted octanol–water partition coefficient (Wildman–Crippen LogP) is 24.2. The summed E-state index contributed by atoms with van der Waals surface area (Å²) in [6, 6.07) is 0. The standard InChI is InChI=1S/C75H132O5/c1-3-5-7-9-11-13-15-17-19-21-23-25-27-29-31-33-34-35-36-37-38-39-40-42-44-46-48-50-52-54-56-58-60-62-64-66-68-70-75(78)80-73(71-76)72-79-74(77)69-67-65-63-61-59-57-55-53-51-49-47-45-43-41-32-30-28-26-24-22-20-18-16-14-12-10-8-6-4-2/h5,7,11,13,16-19,22-25,28-31,73,76H,3-4,6,8-10,12,14-15,20-21,26-27,32-72H2,1-2H3/b7-5-,13-11-,18-16-,19-17-,24-22-,25-23-,30-28-,31-29-. The SMILES string of the molecule is CC/C=C\C/C=C\C/C=C\C/C=C\C/C=C\CCCCCCCCCCCCCCCCCCCCCCCC(=O)OC(CO)COC(=O)CCCCCCCCCCCCCCCC/C=C\C/C=C\C/C=C\CCCCCCC. The van der Waals surface area contributed by atoms with Gasteiger partial charge in [0.25, 0.3) is 0 Å². The lowest BCUT2D eigenvalue weighted by Gasteiger charge is -2.15. The molecule has 0 spiro atoms. The van der Waals surface area contributed by atoms with Gasteiger partial charge in [-0.25, -0.2) is 0 Å². The Labute approximate surface area is 498 Å². The number of hydrogen-bond donors (Lipinski definition) is 1. The Morgan fingerprint density at radius 2 is 0.537 bits per heavy atom. The number of aliphatic hydroxyl groups excluding tert-OH is 1. The molecule has 0 fully saturated rings. The summed E-state index contributed by atoms with van der Waals surface area (Å²) in [5, 5.41) is 9.70. The normalized spacial score (nSPS) is 12.8. The van der Waals surface area contributed by atoms with Crippen LogP contribution >= 0.6 is 0 Å². The minimum atomic E-state index is -0.776. The maximum absolute atomic E-state index is 12.4. The van der Waals surface area contributed by atoms with E-state index in [9.17, 15) is 14.7 Å². The fourth-order valence-electron chi connectivity index (χ4n) is 10.2. The van der Waals surface area contributed by atoms with Crippen LogP contribution in [0.3, 0.4) is 0 Å². The summed E-state index contributed by atoms with van der Waals surface area (Å²) in [6.45, 7) is 4.05. The quantitative estimate of drug-likeness (QED) is 0.0373. The lowest BCUT2D eigenvalue weighted by molar-refractivity contribution is -0.161. The van der Waals surface area contributed by atoms with Crippen LogP contribution in [0.2, 0.25) is 0 Å². The third-order valence-corrected chi connectivity index (χ3v) is 15.4. The van der Waals surface area contributed by atoms with E-state index in [1.165, 1.54) is 238 Å². The van der Waals surface area contributed by atoms with E-state index in [0.29, 0.717) is 12.8 Å². The molecule has 0 aromatic heterocycles. The lowest BCUT2D eigenvalue weighted by Crippen LogP contribution is -2.28. The molecule has 1 atom stereocenters. The molecule has 5 heteroatoms. The van der Waals surface area contributed by atoms with Crippen LogP contribution in [0.4, 0.5) is 0 Å². The van der Waals surface area contributed by atoms with E-state index in [0.717, 1.165) is 83.5 Å². The largest absolute Gasteiger partial charge is 0.462 e. The molecule has 0 aromatic rings. The highest BCUT2D eigenvalue weighted by Gasteiger charge is 2.16. The molecule has 0 aliphatic heterocycles. The second kappa shape index (κ2) is 70.1. The second-order valence-electron chi connectivity index (χ2n) is 23.2. The monoisotopic (exact) mass is 1110 g/mol. The van der Waals surface area contributed by atoms with E-state index < -0.39 is 6.10 Å². The molecule has 0 rings (SSSR count). The zero-order valence-corrected chi connectivity index (χ0v) is 53.1. The average Bonchev–Trinajstić information content (AvgIpc) is 3.46. The first-order valence-corrected chi connectivity index (χ1v) is 34.8. The maximum Gasteiger partial charge on any atom is 0.306 e. The van der Waals surface area contributed by atoms with Gasteiger partial charge in [-0.1, -0.05) is 336 Å². The number of rotatable bonds is 64. The van der Waals surface area contributed by atoms with E-state index >= 15 is 0 Å². The number of hydrogen-bond acceptors (Lipinski definition) is 5. The van der Waals surface area contributed by atoms with Crippen LogP contribution in [-0.2, 0) is 19.1 Å². The summed E-state index contributed by atoms with van der Waals surface area (Å²) in [5.41, 5.74) is 0. The van der Waals surface area contributed by atoms with Gasteiger partial charge in [0.1, 0.15) is 6.61 Å². The van der Waals surface area contributed by atoms with Gasteiger partial charge in [-0.05, 0) is 96.3 Å². The number of unbranched alkanes of at least 4 members (excludes halogenated alkanes) is 40. The Bertz CT molecular complexity index is 1500.